The molecule has 1 aliphatic heterocycles. The van der Waals surface area contributed by atoms with Crippen LogP contribution in [0.5, 0.6) is 0 Å². The van der Waals surface area contributed by atoms with Crippen LogP contribution in [0.3, 0.4) is 0 Å². The molecule has 1 aromatic carbocycles. The lowest BCUT2D eigenvalue weighted by Crippen LogP contribution is -2.59. The maximum atomic E-state index is 13.7. The van der Waals surface area contributed by atoms with Crippen molar-refractivity contribution in [2.75, 3.05) is 23.6 Å². The highest BCUT2D eigenvalue weighted by atomic mass is 32.2. The number of primary amides is 2. The van der Waals surface area contributed by atoms with Gasteiger partial charge in [0.05, 0.1) is 24.0 Å². The molecule has 1 heterocycles. The Morgan fingerprint density at radius 1 is 0.977 bits per heavy atom. The molecule has 16 nitrogen and oxygen atoms in total. The maximum Gasteiger partial charge on any atom is 0.261 e. The van der Waals surface area contributed by atoms with Gasteiger partial charge in [-0.2, -0.15) is 0 Å². The number of hydrogen-bond donors (Lipinski definition) is 8. The smallest absolute Gasteiger partial charge is 0.261 e. The zero-order valence-electron chi connectivity index (χ0n) is 23.8. The van der Waals surface area contributed by atoms with E-state index in [9.17, 15) is 33.6 Å². The van der Waals surface area contributed by atoms with Crippen molar-refractivity contribution in [3.8, 4) is 0 Å². The summed E-state index contributed by atoms with van der Waals surface area (Å²) in [4.78, 5) is 87.8. The number of anilines is 1. The molecule has 43 heavy (non-hydrogen) atoms. The lowest BCUT2D eigenvalue weighted by atomic mass is 10.1. The Labute approximate surface area is 252 Å². The summed E-state index contributed by atoms with van der Waals surface area (Å²) in [7, 11) is 0. The minimum atomic E-state index is -1.48. The number of hydrazine groups is 1. The zero-order chi connectivity index (χ0) is 31.9. The maximum absolute atomic E-state index is 13.7. The van der Waals surface area contributed by atoms with E-state index in [4.69, 9.17) is 17.2 Å². The largest absolute Gasteiger partial charge is 0.370 e. The Balaban J connectivity index is 2.16. The molecule has 11 N–H and O–H groups in total. The minimum Gasteiger partial charge on any atom is -0.370 e. The van der Waals surface area contributed by atoms with Gasteiger partial charge in [0.1, 0.15) is 18.1 Å². The Kier molecular flexibility index (Phi) is 14.2. The first-order valence-corrected chi connectivity index (χ1v) is 14.7. The summed E-state index contributed by atoms with van der Waals surface area (Å²) in [6, 6.07) is 4.19. The first-order chi connectivity index (χ1) is 20.4. The van der Waals surface area contributed by atoms with Gasteiger partial charge >= 0.3 is 0 Å². The van der Waals surface area contributed by atoms with E-state index in [0.717, 1.165) is 11.8 Å². The molecule has 0 aliphatic carbocycles. The highest BCUT2D eigenvalue weighted by Crippen LogP contribution is 2.20. The molecular formula is C26H39N9O7S. The molecule has 7 amide bonds. The van der Waals surface area contributed by atoms with Crippen molar-refractivity contribution < 1.29 is 33.6 Å². The number of hydrogen-bond acceptors (Lipinski definition) is 10. The monoisotopic (exact) mass is 621 g/mol. The van der Waals surface area contributed by atoms with Crippen molar-refractivity contribution in [1.29, 1.82) is 0 Å². The number of nitrogens with two attached hydrogens (primary N) is 3. The molecule has 0 unspecified atom stereocenters. The second kappa shape index (κ2) is 17.5. The van der Waals surface area contributed by atoms with Gasteiger partial charge in [0.2, 0.25) is 35.4 Å². The molecule has 1 fully saturated rings. The Bertz CT molecular complexity index is 1170. The second-order valence-corrected chi connectivity index (χ2v) is 10.9. The molecule has 0 radical (unpaired) electrons. The fourth-order valence-corrected chi connectivity index (χ4v) is 5.02. The number of carbonyl (C=O) groups excluding carboxylic acids is 7. The van der Waals surface area contributed by atoms with Crippen LogP contribution >= 0.6 is 11.8 Å². The number of amides is 7. The average molecular weight is 622 g/mol. The Morgan fingerprint density at radius 3 is 2.28 bits per heavy atom. The minimum absolute atomic E-state index is 0.00663. The molecule has 2 rings (SSSR count). The van der Waals surface area contributed by atoms with Crippen LogP contribution in [-0.4, -0.2) is 88.6 Å². The van der Waals surface area contributed by atoms with E-state index < -0.39 is 66.0 Å². The SMILES string of the molecule is CC(=O)NCSC[C@H](NC(=O)[C@H](CC(N)=O)NC(=O)[C@@H](N)CCC(N)=O)C(=O)N1CCC[C@H]1C(=O)NNc1ccccc1. The number of nitrogens with zero attached hydrogens (tertiary/aromatic N) is 1. The number of rotatable bonds is 17. The second-order valence-electron chi connectivity index (χ2n) is 9.82. The summed E-state index contributed by atoms with van der Waals surface area (Å²) < 4.78 is 0. The van der Waals surface area contributed by atoms with E-state index in [2.05, 4.69) is 26.8 Å². The van der Waals surface area contributed by atoms with Crippen LogP contribution in [0.2, 0.25) is 0 Å². The van der Waals surface area contributed by atoms with Crippen LogP contribution in [0, 0.1) is 0 Å². The van der Waals surface area contributed by atoms with Gasteiger partial charge in [-0.25, -0.2) is 0 Å². The van der Waals surface area contributed by atoms with Crippen LogP contribution in [0.15, 0.2) is 30.3 Å². The highest BCUT2D eigenvalue weighted by Gasteiger charge is 2.38. The van der Waals surface area contributed by atoms with E-state index in [1.807, 2.05) is 6.07 Å². The van der Waals surface area contributed by atoms with Crippen LogP contribution in [-0.2, 0) is 33.6 Å². The summed E-state index contributed by atoms with van der Waals surface area (Å²) in [6.07, 6.45) is 0.0645. The Morgan fingerprint density at radius 2 is 1.65 bits per heavy atom. The summed E-state index contributed by atoms with van der Waals surface area (Å²) in [5, 5.41) is 7.47. The van der Waals surface area contributed by atoms with Crippen molar-refractivity contribution >= 4 is 58.8 Å². The van der Waals surface area contributed by atoms with E-state index in [-0.39, 0.29) is 36.9 Å². The fraction of sp³-hybridized carbons (Fsp3) is 0.500. The van der Waals surface area contributed by atoms with Gasteiger partial charge in [-0.15, -0.1) is 11.8 Å². The van der Waals surface area contributed by atoms with Crippen molar-refractivity contribution in [2.24, 2.45) is 17.2 Å². The van der Waals surface area contributed by atoms with Gasteiger partial charge in [-0.3, -0.25) is 44.4 Å². The molecule has 0 bridgehead atoms. The van der Waals surface area contributed by atoms with E-state index in [0.29, 0.717) is 18.5 Å². The van der Waals surface area contributed by atoms with Crippen LogP contribution in [0.4, 0.5) is 5.69 Å². The van der Waals surface area contributed by atoms with Gasteiger partial charge in [0.25, 0.3) is 5.91 Å². The molecule has 1 aromatic rings. The highest BCUT2D eigenvalue weighted by molar-refractivity contribution is 7.99. The summed E-state index contributed by atoms with van der Waals surface area (Å²) >= 11 is 1.14. The standard InChI is InChI=1S/C26H39N9O7S/c1-15(36)30-14-43-13-19(32-24(40)18(12-22(29)38)31-23(39)17(27)9-10-21(28)37)26(42)35-11-5-8-20(35)25(41)34-33-16-6-3-2-4-7-16/h2-4,6-7,17-20,33H,5,8-14,27H2,1H3,(H2,28,37)(H2,29,38)(H,30,36)(H,31,39)(H,32,40)(H,34,41)/t17-,18-,19-,20-/m0/s1. The van der Waals surface area contributed by atoms with Crippen molar-refractivity contribution in [3.63, 3.8) is 0 Å². The van der Waals surface area contributed by atoms with Crippen LogP contribution in [0.25, 0.3) is 0 Å². The number of nitrogens with one attached hydrogen (secondary N) is 5. The van der Waals surface area contributed by atoms with E-state index >= 15 is 0 Å². The average Bonchev–Trinajstić information content (AvgIpc) is 3.45. The lowest BCUT2D eigenvalue weighted by molar-refractivity contribution is -0.141. The van der Waals surface area contributed by atoms with Gasteiger partial charge in [0.15, 0.2) is 0 Å². The number of para-hydroxylation sites is 1. The third kappa shape index (κ3) is 12.2. The molecular weight excluding hydrogens is 582 g/mol. The summed E-state index contributed by atoms with van der Waals surface area (Å²) in [6.45, 7) is 1.58. The quantitative estimate of drug-likeness (QED) is 0.0510. The van der Waals surface area contributed by atoms with E-state index in [1.165, 1.54) is 11.8 Å². The fourth-order valence-electron chi connectivity index (χ4n) is 4.14. The van der Waals surface area contributed by atoms with E-state index in [1.54, 1.807) is 24.3 Å². The third-order valence-corrected chi connectivity index (χ3v) is 7.26. The van der Waals surface area contributed by atoms with Gasteiger partial charge in [-0.05, 0) is 31.4 Å². The number of likely N-dealkylation sites (tertiary alicyclic amines) is 1. The normalized spacial score (nSPS) is 16.2. The third-order valence-electron chi connectivity index (χ3n) is 6.34. The molecule has 0 saturated carbocycles. The first-order valence-electron chi connectivity index (χ1n) is 13.6. The van der Waals surface area contributed by atoms with Crippen LogP contribution in [0.1, 0.15) is 39.0 Å². The summed E-state index contributed by atoms with van der Waals surface area (Å²) in [5.41, 5.74) is 22.2. The predicted octanol–water partition coefficient (Wildman–Crippen LogP) is -2.61. The molecule has 1 aliphatic rings. The Hall–Kier alpha value is -4.38. The summed E-state index contributed by atoms with van der Waals surface area (Å²) in [5.74, 6) is -4.47. The number of benzene rings is 1. The molecule has 17 heteroatoms. The van der Waals surface area contributed by atoms with Crippen molar-refractivity contribution in [1.82, 2.24) is 26.3 Å². The number of carbonyl (C=O) groups is 7. The van der Waals surface area contributed by atoms with Gasteiger partial charge in [-0.1, -0.05) is 18.2 Å². The van der Waals surface area contributed by atoms with Gasteiger partial charge < -0.3 is 38.1 Å². The molecule has 0 aromatic heterocycles. The molecule has 236 valence electrons. The van der Waals surface area contributed by atoms with Gasteiger partial charge in [0, 0.05) is 25.6 Å². The van der Waals surface area contributed by atoms with Crippen molar-refractivity contribution in [3.05, 3.63) is 30.3 Å². The topological polar surface area (TPSA) is 261 Å². The number of thioether (sulfide) groups is 1. The van der Waals surface area contributed by atoms with Crippen molar-refractivity contribution in [2.45, 2.75) is 63.2 Å². The molecule has 4 atom stereocenters. The molecule has 1 saturated heterocycles. The zero-order valence-corrected chi connectivity index (χ0v) is 24.6. The first kappa shape index (κ1) is 34.8. The molecule has 0 spiro atoms. The predicted molar refractivity (Wildman–Crippen MR) is 158 cm³/mol. The van der Waals surface area contributed by atoms with Crippen LogP contribution < -0.4 is 44.0 Å². The lowest BCUT2D eigenvalue weighted by Gasteiger charge is -2.30.